The Hall–Kier alpha value is -2.14. The number of pyridine rings is 1. The second kappa shape index (κ2) is 5.46. The van der Waals surface area contributed by atoms with Crippen LogP contribution in [0.1, 0.15) is 22.1 Å². The van der Waals surface area contributed by atoms with Gasteiger partial charge in [0.1, 0.15) is 0 Å². The molecule has 0 saturated carbocycles. The minimum absolute atomic E-state index is 0.0295. The van der Waals surface area contributed by atoms with Crippen LogP contribution in [0.15, 0.2) is 42.9 Å². The molecular weight excluding hydrogens is 254 g/mol. The lowest BCUT2D eigenvalue weighted by molar-refractivity contribution is -0.00463. The smallest absolute Gasteiger partial charge is 0.254 e. The van der Waals surface area contributed by atoms with Crippen molar-refractivity contribution in [3.63, 3.8) is 0 Å². The molecule has 1 atom stereocenters. The summed E-state index contributed by atoms with van der Waals surface area (Å²) < 4.78 is 7.59. The van der Waals surface area contributed by atoms with Crippen LogP contribution in [0.2, 0.25) is 0 Å². The monoisotopic (exact) mass is 271 g/mol. The molecule has 5 nitrogen and oxygen atoms in total. The van der Waals surface area contributed by atoms with Gasteiger partial charge in [-0.05, 0) is 24.3 Å². The average molecular weight is 271 g/mol. The molecule has 20 heavy (non-hydrogen) atoms. The highest BCUT2D eigenvalue weighted by Crippen LogP contribution is 2.25. The zero-order chi connectivity index (χ0) is 13.9. The fraction of sp³-hybridized carbons (Fsp3) is 0.333. The Labute approximate surface area is 117 Å². The van der Waals surface area contributed by atoms with Crippen LogP contribution >= 0.6 is 0 Å². The zero-order valence-electron chi connectivity index (χ0n) is 11.4. The van der Waals surface area contributed by atoms with Gasteiger partial charge in [-0.2, -0.15) is 0 Å². The van der Waals surface area contributed by atoms with E-state index in [0.717, 1.165) is 5.69 Å². The van der Waals surface area contributed by atoms with Gasteiger partial charge in [-0.15, -0.1) is 0 Å². The van der Waals surface area contributed by atoms with Gasteiger partial charge in [0.15, 0.2) is 0 Å². The maximum atomic E-state index is 12.6. The molecule has 0 bridgehead atoms. The third kappa shape index (κ3) is 2.32. The maximum Gasteiger partial charge on any atom is 0.254 e. The molecule has 3 rings (SSSR count). The van der Waals surface area contributed by atoms with Crippen molar-refractivity contribution in [3.05, 3.63) is 54.1 Å². The van der Waals surface area contributed by atoms with Crippen LogP contribution in [-0.4, -0.2) is 40.1 Å². The lowest BCUT2D eigenvalue weighted by Crippen LogP contribution is -2.44. The Bertz CT molecular complexity index is 594. The third-order valence-corrected chi connectivity index (χ3v) is 3.64. The Morgan fingerprint density at radius 1 is 1.35 bits per heavy atom. The van der Waals surface area contributed by atoms with Crippen LogP contribution in [0.25, 0.3) is 0 Å². The van der Waals surface area contributed by atoms with E-state index in [-0.39, 0.29) is 11.9 Å². The van der Waals surface area contributed by atoms with E-state index in [2.05, 4.69) is 4.98 Å². The number of rotatable bonds is 2. The normalized spacial score (nSPS) is 19.1. The van der Waals surface area contributed by atoms with E-state index in [1.807, 2.05) is 34.8 Å². The molecule has 2 aromatic heterocycles. The first-order valence-electron chi connectivity index (χ1n) is 6.67. The van der Waals surface area contributed by atoms with Crippen LogP contribution < -0.4 is 0 Å². The van der Waals surface area contributed by atoms with Gasteiger partial charge in [-0.25, -0.2) is 0 Å². The van der Waals surface area contributed by atoms with Crippen molar-refractivity contribution in [1.82, 2.24) is 14.5 Å². The molecular formula is C15H17N3O2. The first-order chi connectivity index (χ1) is 9.77. The molecule has 3 heterocycles. The Morgan fingerprint density at radius 3 is 2.85 bits per heavy atom. The van der Waals surface area contributed by atoms with E-state index in [1.54, 1.807) is 24.5 Å². The number of nitrogens with zero attached hydrogens (tertiary/aromatic N) is 3. The molecule has 1 saturated heterocycles. The molecule has 1 aliphatic heterocycles. The summed E-state index contributed by atoms with van der Waals surface area (Å²) in [6.45, 7) is 1.73. The van der Waals surface area contributed by atoms with Crippen molar-refractivity contribution < 1.29 is 9.53 Å². The van der Waals surface area contributed by atoms with Crippen LogP contribution in [0.3, 0.4) is 0 Å². The molecule has 0 unspecified atom stereocenters. The number of hydrogen-bond acceptors (Lipinski definition) is 3. The molecule has 2 aromatic rings. The fourth-order valence-corrected chi connectivity index (χ4v) is 2.57. The highest BCUT2D eigenvalue weighted by Gasteiger charge is 2.30. The van der Waals surface area contributed by atoms with Crippen molar-refractivity contribution in [3.8, 4) is 0 Å². The van der Waals surface area contributed by atoms with Crippen molar-refractivity contribution in [2.24, 2.45) is 7.05 Å². The van der Waals surface area contributed by atoms with E-state index in [9.17, 15) is 4.79 Å². The average Bonchev–Trinajstić information content (AvgIpc) is 2.93. The van der Waals surface area contributed by atoms with Gasteiger partial charge in [-0.1, -0.05) is 0 Å². The Kier molecular flexibility index (Phi) is 3.52. The van der Waals surface area contributed by atoms with Crippen molar-refractivity contribution in [2.75, 3.05) is 19.8 Å². The number of morpholine rings is 1. The van der Waals surface area contributed by atoms with Crippen LogP contribution in [0.5, 0.6) is 0 Å². The van der Waals surface area contributed by atoms with Gasteiger partial charge in [-0.3, -0.25) is 9.78 Å². The van der Waals surface area contributed by atoms with Crippen LogP contribution in [-0.2, 0) is 11.8 Å². The van der Waals surface area contributed by atoms with Crippen molar-refractivity contribution in [1.29, 1.82) is 0 Å². The zero-order valence-corrected chi connectivity index (χ0v) is 11.4. The predicted octanol–water partition coefficient (Wildman–Crippen LogP) is 1.63. The number of aryl methyl sites for hydroxylation is 1. The highest BCUT2D eigenvalue weighted by atomic mass is 16.5. The summed E-state index contributed by atoms with van der Waals surface area (Å²) in [7, 11) is 1.99. The minimum atomic E-state index is -0.0376. The van der Waals surface area contributed by atoms with Gasteiger partial charge in [0, 0.05) is 43.4 Å². The summed E-state index contributed by atoms with van der Waals surface area (Å²) in [6.07, 6.45) is 5.27. The lowest BCUT2D eigenvalue weighted by Gasteiger charge is -2.36. The van der Waals surface area contributed by atoms with E-state index < -0.39 is 0 Å². The van der Waals surface area contributed by atoms with Gasteiger partial charge < -0.3 is 14.2 Å². The first-order valence-corrected chi connectivity index (χ1v) is 6.67. The largest absolute Gasteiger partial charge is 0.377 e. The summed E-state index contributed by atoms with van der Waals surface area (Å²) >= 11 is 0. The van der Waals surface area contributed by atoms with Crippen LogP contribution in [0, 0.1) is 0 Å². The number of aromatic nitrogens is 2. The molecule has 0 aromatic carbocycles. The van der Waals surface area contributed by atoms with Gasteiger partial charge in [0.25, 0.3) is 5.91 Å². The molecule has 0 spiro atoms. The molecule has 1 amide bonds. The number of carbonyl (C=O) groups is 1. The standard InChI is InChI=1S/C15H17N3O2/c1-17-8-2-3-13(17)14-11-20-10-9-18(14)15(19)12-4-6-16-7-5-12/h2-8,14H,9-11H2,1H3/t14-/m1/s1. The van der Waals surface area contributed by atoms with Gasteiger partial charge in [0.05, 0.1) is 19.3 Å². The molecule has 0 aliphatic carbocycles. The topological polar surface area (TPSA) is 47.4 Å². The van der Waals surface area contributed by atoms with E-state index in [1.165, 1.54) is 0 Å². The number of ether oxygens (including phenoxy) is 1. The number of amides is 1. The first kappa shape index (κ1) is 12.9. The van der Waals surface area contributed by atoms with E-state index in [4.69, 9.17) is 4.74 Å². The summed E-state index contributed by atoms with van der Waals surface area (Å²) in [4.78, 5) is 18.5. The molecule has 5 heteroatoms. The molecule has 0 N–H and O–H groups in total. The molecule has 0 radical (unpaired) electrons. The van der Waals surface area contributed by atoms with E-state index in [0.29, 0.717) is 25.3 Å². The maximum absolute atomic E-state index is 12.6. The van der Waals surface area contributed by atoms with E-state index >= 15 is 0 Å². The number of hydrogen-bond donors (Lipinski definition) is 0. The quantitative estimate of drug-likeness (QED) is 0.834. The second-order valence-electron chi connectivity index (χ2n) is 4.87. The third-order valence-electron chi connectivity index (χ3n) is 3.64. The van der Waals surface area contributed by atoms with Crippen molar-refractivity contribution in [2.45, 2.75) is 6.04 Å². The fourth-order valence-electron chi connectivity index (χ4n) is 2.57. The summed E-state index contributed by atoms with van der Waals surface area (Å²) in [5.41, 5.74) is 1.76. The molecule has 1 fully saturated rings. The SMILES string of the molecule is Cn1cccc1[C@H]1COCCN1C(=O)c1ccncc1. The summed E-state index contributed by atoms with van der Waals surface area (Å²) in [6, 6.07) is 7.48. The highest BCUT2D eigenvalue weighted by molar-refractivity contribution is 5.94. The Morgan fingerprint density at radius 2 is 2.15 bits per heavy atom. The van der Waals surface area contributed by atoms with Gasteiger partial charge in [0.2, 0.25) is 0 Å². The summed E-state index contributed by atoms with van der Waals surface area (Å²) in [5, 5.41) is 0. The lowest BCUT2D eigenvalue weighted by atomic mass is 10.1. The van der Waals surface area contributed by atoms with Crippen molar-refractivity contribution >= 4 is 5.91 Å². The predicted molar refractivity (Wildman–Crippen MR) is 74.2 cm³/mol. The second-order valence-corrected chi connectivity index (χ2v) is 4.87. The number of carbonyl (C=O) groups excluding carboxylic acids is 1. The molecule has 1 aliphatic rings. The van der Waals surface area contributed by atoms with Crippen LogP contribution in [0.4, 0.5) is 0 Å². The summed E-state index contributed by atoms with van der Waals surface area (Å²) in [5.74, 6) is 0.0295. The minimum Gasteiger partial charge on any atom is -0.377 e. The molecule has 104 valence electrons. The van der Waals surface area contributed by atoms with Gasteiger partial charge >= 0.3 is 0 Å². The Balaban J connectivity index is 1.90.